The quantitative estimate of drug-likeness (QED) is 0.416. The fourth-order valence-electron chi connectivity index (χ4n) is 5.94. The zero-order valence-corrected chi connectivity index (χ0v) is 27.8. The van der Waals surface area contributed by atoms with Crippen molar-refractivity contribution < 1.29 is 47.5 Å². The Morgan fingerprint density at radius 1 is 0.766 bits per heavy atom. The summed E-state index contributed by atoms with van der Waals surface area (Å²) in [7, 11) is 5.92. The van der Waals surface area contributed by atoms with Crippen LogP contribution in [0.1, 0.15) is 58.4 Å². The number of carbonyl (C=O) groups is 3. The maximum Gasteiger partial charge on any atom is 0.338 e. The van der Waals surface area contributed by atoms with Gasteiger partial charge in [0.25, 0.3) is 0 Å². The van der Waals surface area contributed by atoms with Crippen LogP contribution in [0, 0.1) is 0 Å². The lowest BCUT2D eigenvalue weighted by molar-refractivity contribution is -0.117. The van der Waals surface area contributed by atoms with Gasteiger partial charge in [-0.2, -0.15) is 0 Å². The van der Waals surface area contributed by atoms with E-state index in [1.165, 1.54) is 28.4 Å². The van der Waals surface area contributed by atoms with Gasteiger partial charge in [0, 0.05) is 31.7 Å². The van der Waals surface area contributed by atoms with Gasteiger partial charge in [0.2, 0.25) is 11.7 Å². The van der Waals surface area contributed by atoms with Crippen molar-refractivity contribution in [3.05, 3.63) is 41.0 Å². The first-order chi connectivity index (χ1) is 22.8. The smallest absolute Gasteiger partial charge is 0.338 e. The van der Waals surface area contributed by atoms with Crippen molar-refractivity contribution in [3.8, 4) is 28.7 Å². The third kappa shape index (κ3) is 9.88. The van der Waals surface area contributed by atoms with E-state index in [9.17, 15) is 14.4 Å². The van der Waals surface area contributed by atoms with Crippen LogP contribution in [0.2, 0.25) is 0 Å². The number of ether oxygens (including phenoxy) is 7. The van der Waals surface area contributed by atoms with Gasteiger partial charge >= 0.3 is 11.9 Å². The van der Waals surface area contributed by atoms with Crippen LogP contribution in [0.5, 0.6) is 28.7 Å². The molecule has 1 fully saturated rings. The van der Waals surface area contributed by atoms with E-state index in [4.69, 9.17) is 38.9 Å². The number of cyclic esters (lactones) is 1. The molecule has 3 atom stereocenters. The highest BCUT2D eigenvalue weighted by Crippen LogP contribution is 2.39. The molecule has 258 valence electrons. The van der Waals surface area contributed by atoms with Crippen LogP contribution >= 0.6 is 0 Å². The Balaban J connectivity index is 1.56. The predicted molar refractivity (Wildman–Crippen MR) is 173 cm³/mol. The number of primary amides is 1. The summed E-state index contributed by atoms with van der Waals surface area (Å²) < 4.78 is 39.7. The predicted octanol–water partition coefficient (Wildman–Crippen LogP) is 3.09. The second-order valence-electron chi connectivity index (χ2n) is 11.6. The number of benzene rings is 2. The van der Waals surface area contributed by atoms with Gasteiger partial charge in [-0.05, 0) is 69.5 Å². The number of amides is 1. The molecule has 4 bridgehead atoms. The van der Waals surface area contributed by atoms with E-state index in [0.29, 0.717) is 65.7 Å². The van der Waals surface area contributed by atoms with Crippen molar-refractivity contribution in [2.45, 2.75) is 44.6 Å². The molecular formula is C34H47N3O10. The molecule has 2 aromatic rings. The van der Waals surface area contributed by atoms with Gasteiger partial charge in [0.05, 0.1) is 59.2 Å². The van der Waals surface area contributed by atoms with Crippen molar-refractivity contribution in [1.82, 2.24) is 9.80 Å². The minimum atomic E-state index is -0.567. The molecule has 3 unspecified atom stereocenters. The van der Waals surface area contributed by atoms with E-state index in [1.807, 2.05) is 0 Å². The van der Waals surface area contributed by atoms with Crippen molar-refractivity contribution in [2.24, 2.45) is 5.73 Å². The Kier molecular flexibility index (Phi) is 13.4. The van der Waals surface area contributed by atoms with Crippen LogP contribution in [-0.2, 0) is 20.7 Å². The number of rotatable bonds is 8. The Labute approximate surface area is 276 Å². The minimum absolute atomic E-state index is 0.124. The highest BCUT2D eigenvalue weighted by molar-refractivity contribution is 5.92. The van der Waals surface area contributed by atoms with Crippen LogP contribution in [-0.4, -0.2) is 115 Å². The highest BCUT2D eigenvalue weighted by Gasteiger charge is 2.24. The topological polar surface area (TPSA) is 148 Å². The second-order valence-corrected chi connectivity index (χ2v) is 11.6. The van der Waals surface area contributed by atoms with E-state index < -0.39 is 23.9 Å². The maximum atomic E-state index is 13.5. The average molecular weight is 658 g/mol. The van der Waals surface area contributed by atoms with E-state index in [-0.39, 0.29) is 18.6 Å². The molecule has 2 aliphatic rings. The number of carbonyl (C=O) groups excluding carboxylic acids is 3. The molecule has 0 radical (unpaired) electrons. The van der Waals surface area contributed by atoms with Crippen LogP contribution < -0.4 is 29.4 Å². The summed E-state index contributed by atoms with van der Waals surface area (Å²) >= 11 is 0. The molecule has 47 heavy (non-hydrogen) atoms. The zero-order valence-electron chi connectivity index (χ0n) is 27.8. The van der Waals surface area contributed by atoms with Gasteiger partial charge in [0.1, 0.15) is 6.10 Å². The molecule has 13 nitrogen and oxygen atoms in total. The Bertz CT molecular complexity index is 1380. The van der Waals surface area contributed by atoms with E-state index in [2.05, 4.69) is 9.80 Å². The fourth-order valence-corrected chi connectivity index (χ4v) is 5.94. The number of methoxy groups -OCH3 is 4. The minimum Gasteiger partial charge on any atom is -0.493 e. The Morgan fingerprint density at radius 2 is 1.43 bits per heavy atom. The van der Waals surface area contributed by atoms with E-state index >= 15 is 0 Å². The molecule has 2 N–H and O–H groups in total. The number of esters is 2. The molecule has 1 amide bonds. The summed E-state index contributed by atoms with van der Waals surface area (Å²) in [6, 6.07) is 6.28. The molecule has 0 aromatic heterocycles. The first-order valence-electron chi connectivity index (χ1n) is 16.0. The highest BCUT2D eigenvalue weighted by atomic mass is 16.6. The van der Waals surface area contributed by atoms with Crippen LogP contribution in [0.3, 0.4) is 0 Å². The SMILES string of the molecule is COc1cc(C(=O)OC2CCCOc3cc(cc(OC)c3OC)C(=O)OCCCN3CCCN(CC2)CC3)cc(CC(N)=O)c1OC. The lowest BCUT2D eigenvalue weighted by atomic mass is 10.0. The lowest BCUT2D eigenvalue weighted by Crippen LogP contribution is -2.34. The summed E-state index contributed by atoms with van der Waals surface area (Å²) in [6.07, 6.45) is 2.89. The number of nitrogens with zero attached hydrogens (tertiary/aromatic N) is 2. The molecule has 2 aliphatic heterocycles. The van der Waals surface area contributed by atoms with Crippen molar-refractivity contribution in [1.29, 1.82) is 0 Å². The molecule has 0 aliphatic carbocycles. The van der Waals surface area contributed by atoms with Crippen LogP contribution in [0.15, 0.2) is 24.3 Å². The lowest BCUT2D eigenvalue weighted by Gasteiger charge is -2.25. The molecule has 1 saturated heterocycles. The second kappa shape index (κ2) is 17.6. The molecular weight excluding hydrogens is 610 g/mol. The average Bonchev–Trinajstić information content (AvgIpc) is 3.30. The molecule has 0 saturated carbocycles. The monoisotopic (exact) mass is 657 g/mol. The summed E-state index contributed by atoms with van der Waals surface area (Å²) in [4.78, 5) is 43.0. The summed E-state index contributed by atoms with van der Waals surface area (Å²) in [5.41, 5.74) is 6.43. The van der Waals surface area contributed by atoms with Crippen molar-refractivity contribution in [2.75, 3.05) is 80.9 Å². The number of nitrogens with two attached hydrogens (primary N) is 1. The summed E-state index contributed by atoms with van der Waals surface area (Å²) in [5.74, 6) is 0.147. The number of fused-ring (bicyclic) bond motifs is 5. The van der Waals surface area contributed by atoms with E-state index in [1.54, 1.807) is 24.3 Å². The van der Waals surface area contributed by atoms with Crippen LogP contribution in [0.25, 0.3) is 0 Å². The van der Waals surface area contributed by atoms with Gasteiger partial charge in [0.15, 0.2) is 23.0 Å². The number of hydrogen-bond donors (Lipinski definition) is 1. The maximum absolute atomic E-state index is 13.5. The van der Waals surface area contributed by atoms with Gasteiger partial charge < -0.3 is 48.7 Å². The van der Waals surface area contributed by atoms with Crippen LogP contribution in [0.4, 0.5) is 0 Å². The fraction of sp³-hybridized carbons (Fsp3) is 0.559. The molecule has 2 aromatic carbocycles. The summed E-state index contributed by atoms with van der Waals surface area (Å²) in [5, 5.41) is 0. The number of hydrogen-bond acceptors (Lipinski definition) is 12. The Hall–Kier alpha value is -4.23. The molecule has 0 spiro atoms. The normalized spacial score (nSPS) is 21.0. The first kappa shape index (κ1) is 35.6. The largest absolute Gasteiger partial charge is 0.493 e. The zero-order chi connectivity index (χ0) is 33.8. The third-order valence-electron chi connectivity index (χ3n) is 8.34. The molecule has 13 heteroatoms. The van der Waals surface area contributed by atoms with E-state index in [0.717, 1.165) is 52.1 Å². The Morgan fingerprint density at radius 3 is 2.11 bits per heavy atom. The molecule has 4 rings (SSSR count). The third-order valence-corrected chi connectivity index (χ3v) is 8.34. The molecule has 2 heterocycles. The van der Waals surface area contributed by atoms with Gasteiger partial charge in [-0.1, -0.05) is 0 Å². The van der Waals surface area contributed by atoms with Gasteiger partial charge in [-0.3, -0.25) is 4.79 Å². The van der Waals surface area contributed by atoms with Crippen molar-refractivity contribution in [3.63, 3.8) is 0 Å². The van der Waals surface area contributed by atoms with Gasteiger partial charge in [-0.25, -0.2) is 9.59 Å². The first-order valence-corrected chi connectivity index (χ1v) is 16.0. The summed E-state index contributed by atoms with van der Waals surface area (Å²) in [6.45, 7) is 5.86. The standard InChI is InChI=1S/C34H47N3O10/c1-41-27-19-24(18-23(22-30(35)38)31(27)43-3)34(40)47-26-8-5-16-45-29-21-25(20-28(42-2)32(29)44-4)33(39)46-17-7-12-36-10-6-11-37(13-9-26)15-14-36/h18-21,26H,5-17,22H2,1-4H3,(H2,35,38). The van der Waals surface area contributed by atoms with Crippen molar-refractivity contribution >= 4 is 17.8 Å². The van der Waals surface area contributed by atoms with Gasteiger partial charge in [-0.15, -0.1) is 0 Å².